The minimum Gasteiger partial charge on any atom is -0.504 e. The molecule has 186 valence electrons. The highest BCUT2D eigenvalue weighted by Crippen LogP contribution is 2.41. The topological polar surface area (TPSA) is 96.2 Å². The predicted octanol–water partition coefficient (Wildman–Crippen LogP) is 5.05. The van der Waals surface area contributed by atoms with Crippen LogP contribution in [0, 0.1) is 5.92 Å². The number of carbonyl (C=O) groups is 1. The van der Waals surface area contributed by atoms with Gasteiger partial charge in [0.15, 0.2) is 11.5 Å². The molecule has 1 aromatic rings. The van der Waals surface area contributed by atoms with Gasteiger partial charge in [0, 0.05) is 20.0 Å². The average Bonchev–Trinajstić information content (AvgIpc) is 3.28. The van der Waals surface area contributed by atoms with E-state index in [0.717, 1.165) is 63.4 Å². The van der Waals surface area contributed by atoms with Gasteiger partial charge in [-0.15, -0.1) is 0 Å². The van der Waals surface area contributed by atoms with Crippen molar-refractivity contribution in [2.24, 2.45) is 5.92 Å². The molecule has 3 N–H and O–H groups in total. The van der Waals surface area contributed by atoms with Crippen LogP contribution in [0.15, 0.2) is 18.2 Å². The molecule has 0 aromatic heterocycles. The van der Waals surface area contributed by atoms with Crippen LogP contribution in [-0.4, -0.2) is 45.7 Å². The Morgan fingerprint density at radius 2 is 1.88 bits per heavy atom. The Bertz CT molecular complexity index is 744. The number of aromatic hydroxyl groups is 1. The summed E-state index contributed by atoms with van der Waals surface area (Å²) in [7, 11) is 0. The van der Waals surface area contributed by atoms with Crippen molar-refractivity contribution in [2.45, 2.75) is 115 Å². The fourth-order valence-electron chi connectivity index (χ4n) is 5.54. The highest BCUT2D eigenvalue weighted by Gasteiger charge is 2.42. The number of aliphatic hydroxyl groups excluding tert-OH is 2. The molecule has 2 fully saturated rings. The van der Waals surface area contributed by atoms with Crippen molar-refractivity contribution >= 4 is 5.97 Å². The second kappa shape index (κ2) is 12.6. The SMILES string of the molecule is CC(=O)O[C@]1(CCc2ccc(O)c(OC3CCCC3)c2)CC[C@H](CCCCCCO)[C@H](O)C1. The van der Waals surface area contributed by atoms with Crippen LogP contribution >= 0.6 is 0 Å². The molecule has 0 radical (unpaired) electrons. The van der Waals surface area contributed by atoms with E-state index in [1.54, 1.807) is 6.07 Å². The maximum absolute atomic E-state index is 11.9. The summed E-state index contributed by atoms with van der Waals surface area (Å²) in [6.45, 7) is 1.68. The molecule has 2 aliphatic rings. The predicted molar refractivity (Wildman–Crippen MR) is 127 cm³/mol. The van der Waals surface area contributed by atoms with E-state index < -0.39 is 11.7 Å². The highest BCUT2D eigenvalue weighted by molar-refractivity contribution is 5.66. The summed E-state index contributed by atoms with van der Waals surface area (Å²) in [5.41, 5.74) is 0.385. The molecule has 3 atom stereocenters. The second-order valence-corrected chi connectivity index (χ2v) is 10.1. The molecular formula is C27H42O6. The van der Waals surface area contributed by atoms with E-state index >= 15 is 0 Å². The number of aryl methyl sites for hydroxylation is 1. The lowest BCUT2D eigenvalue weighted by Gasteiger charge is -2.42. The van der Waals surface area contributed by atoms with E-state index in [1.807, 2.05) is 12.1 Å². The van der Waals surface area contributed by atoms with Crippen molar-refractivity contribution in [1.29, 1.82) is 0 Å². The first-order chi connectivity index (χ1) is 15.9. The summed E-state index contributed by atoms with van der Waals surface area (Å²) in [6, 6.07) is 5.48. The zero-order chi connectivity index (χ0) is 23.7. The first-order valence-electron chi connectivity index (χ1n) is 12.9. The first-order valence-corrected chi connectivity index (χ1v) is 12.9. The number of carbonyl (C=O) groups excluding carboxylic acids is 1. The molecule has 33 heavy (non-hydrogen) atoms. The molecule has 6 heteroatoms. The lowest BCUT2D eigenvalue weighted by atomic mass is 9.72. The lowest BCUT2D eigenvalue weighted by molar-refractivity contribution is -0.168. The number of hydrogen-bond donors (Lipinski definition) is 3. The van der Waals surface area contributed by atoms with Crippen molar-refractivity contribution in [1.82, 2.24) is 0 Å². The van der Waals surface area contributed by atoms with Gasteiger partial charge in [-0.1, -0.05) is 25.3 Å². The molecule has 0 bridgehead atoms. The summed E-state index contributed by atoms with van der Waals surface area (Å²) < 4.78 is 11.9. The van der Waals surface area contributed by atoms with E-state index in [2.05, 4.69) is 0 Å². The van der Waals surface area contributed by atoms with E-state index in [9.17, 15) is 15.0 Å². The zero-order valence-corrected chi connectivity index (χ0v) is 20.1. The highest BCUT2D eigenvalue weighted by atomic mass is 16.6. The van der Waals surface area contributed by atoms with Gasteiger partial charge in [0.2, 0.25) is 0 Å². The van der Waals surface area contributed by atoms with Gasteiger partial charge in [-0.05, 0) is 87.8 Å². The minimum atomic E-state index is -0.650. The number of phenolic OH excluding ortho intramolecular Hbond substituents is 1. The molecule has 6 nitrogen and oxygen atoms in total. The molecule has 2 aliphatic carbocycles. The number of hydrogen-bond acceptors (Lipinski definition) is 6. The van der Waals surface area contributed by atoms with Crippen LogP contribution in [0.1, 0.15) is 96.0 Å². The van der Waals surface area contributed by atoms with Crippen molar-refractivity contribution in [3.8, 4) is 11.5 Å². The summed E-state index contributed by atoms with van der Waals surface area (Å²) in [5, 5.41) is 30.0. The van der Waals surface area contributed by atoms with E-state index in [0.29, 0.717) is 25.0 Å². The number of aliphatic hydroxyl groups is 2. The van der Waals surface area contributed by atoms with Crippen LogP contribution in [0.3, 0.4) is 0 Å². The Balaban J connectivity index is 1.58. The smallest absolute Gasteiger partial charge is 0.303 e. The number of esters is 1. The number of unbranched alkanes of at least 4 members (excludes halogenated alkanes) is 3. The Labute approximate surface area is 198 Å². The van der Waals surface area contributed by atoms with Crippen molar-refractivity contribution in [2.75, 3.05) is 6.61 Å². The van der Waals surface area contributed by atoms with Gasteiger partial charge in [-0.25, -0.2) is 0 Å². The molecule has 0 aliphatic heterocycles. The molecular weight excluding hydrogens is 420 g/mol. The van der Waals surface area contributed by atoms with E-state index in [-0.39, 0.29) is 30.3 Å². The third-order valence-corrected chi connectivity index (χ3v) is 7.43. The molecule has 0 heterocycles. The van der Waals surface area contributed by atoms with Gasteiger partial charge >= 0.3 is 5.97 Å². The largest absolute Gasteiger partial charge is 0.504 e. The molecule has 0 amide bonds. The maximum atomic E-state index is 11.9. The number of rotatable bonds is 12. The van der Waals surface area contributed by atoms with Gasteiger partial charge in [0.25, 0.3) is 0 Å². The van der Waals surface area contributed by atoms with E-state index in [4.69, 9.17) is 14.6 Å². The van der Waals surface area contributed by atoms with Crippen molar-refractivity contribution in [3.05, 3.63) is 23.8 Å². The Kier molecular flexibility index (Phi) is 9.87. The van der Waals surface area contributed by atoms with Gasteiger partial charge < -0.3 is 24.8 Å². The standard InChI is InChI=1S/C27H42O6/c1-20(29)33-27(16-14-22(25(31)19-27)8-4-2-3-7-17-28)15-13-21-11-12-24(30)26(18-21)32-23-9-5-6-10-23/h11-12,18,22-23,25,28,30-31H,2-10,13-17,19H2,1H3/t22-,25+,27+/m0/s1. The van der Waals surface area contributed by atoms with Gasteiger partial charge in [-0.3, -0.25) is 4.79 Å². The summed E-state index contributed by atoms with van der Waals surface area (Å²) in [6.07, 6.45) is 12.5. The fraction of sp³-hybridized carbons (Fsp3) is 0.741. The van der Waals surface area contributed by atoms with Crippen LogP contribution in [0.2, 0.25) is 0 Å². The van der Waals surface area contributed by atoms with Gasteiger partial charge in [0.1, 0.15) is 5.60 Å². The fourth-order valence-corrected chi connectivity index (χ4v) is 5.54. The third kappa shape index (κ3) is 7.89. The molecule has 3 rings (SSSR count). The second-order valence-electron chi connectivity index (χ2n) is 10.1. The number of phenols is 1. The van der Waals surface area contributed by atoms with Crippen LogP contribution in [0.5, 0.6) is 11.5 Å². The van der Waals surface area contributed by atoms with Crippen LogP contribution in [0.4, 0.5) is 0 Å². The monoisotopic (exact) mass is 462 g/mol. The summed E-state index contributed by atoms with van der Waals surface area (Å²) in [4.78, 5) is 11.9. The molecule has 0 saturated heterocycles. The molecule has 0 unspecified atom stereocenters. The summed E-state index contributed by atoms with van der Waals surface area (Å²) >= 11 is 0. The Morgan fingerprint density at radius 3 is 2.58 bits per heavy atom. The van der Waals surface area contributed by atoms with Crippen LogP contribution < -0.4 is 4.74 Å². The number of benzene rings is 1. The first kappa shape index (κ1) is 25.8. The van der Waals surface area contributed by atoms with Crippen LogP contribution in [0.25, 0.3) is 0 Å². The normalized spacial score (nSPS) is 25.8. The maximum Gasteiger partial charge on any atom is 0.303 e. The van der Waals surface area contributed by atoms with Gasteiger partial charge in [-0.2, -0.15) is 0 Å². The average molecular weight is 463 g/mol. The van der Waals surface area contributed by atoms with Crippen molar-refractivity contribution < 1.29 is 29.6 Å². The molecule has 2 saturated carbocycles. The Hall–Kier alpha value is -1.79. The quantitative estimate of drug-likeness (QED) is 0.297. The van der Waals surface area contributed by atoms with Gasteiger partial charge in [0.05, 0.1) is 12.2 Å². The lowest BCUT2D eigenvalue weighted by Crippen LogP contribution is -2.45. The zero-order valence-electron chi connectivity index (χ0n) is 20.1. The Morgan fingerprint density at radius 1 is 1.12 bits per heavy atom. The van der Waals surface area contributed by atoms with E-state index in [1.165, 1.54) is 19.8 Å². The summed E-state index contributed by atoms with van der Waals surface area (Å²) in [5.74, 6) is 0.629. The van der Waals surface area contributed by atoms with Crippen LogP contribution in [-0.2, 0) is 16.0 Å². The van der Waals surface area contributed by atoms with Crippen molar-refractivity contribution in [3.63, 3.8) is 0 Å². The molecule has 1 aromatic carbocycles. The molecule has 0 spiro atoms. The minimum absolute atomic E-state index is 0.162. The number of ether oxygens (including phenoxy) is 2. The third-order valence-electron chi connectivity index (χ3n) is 7.43.